The standard InChI is InChI=1S/C32H58O/c1-24(12-7-5-6-10-23-33)13-11-14-25(2)28-18-19-29-27-17-16-26-15-8-9-21-31(26,3)30(27)20-22-32(28,29)4/h24-30,33H,5-23H2,1-4H3/t24?,25-,26?,27+,28-,29+,30+,31+,32-/m1/s1. The highest BCUT2D eigenvalue weighted by Gasteiger charge is 2.60. The molecule has 0 aromatic rings. The zero-order chi connectivity index (χ0) is 23.5. The summed E-state index contributed by atoms with van der Waals surface area (Å²) in [5.41, 5.74) is 1.34. The largest absolute Gasteiger partial charge is 0.396 e. The fraction of sp³-hybridized carbons (Fsp3) is 1.00. The molecule has 4 aliphatic rings. The molecule has 0 saturated heterocycles. The Morgan fingerprint density at radius 3 is 2.27 bits per heavy atom. The Morgan fingerprint density at radius 1 is 0.697 bits per heavy atom. The van der Waals surface area contributed by atoms with Crippen molar-refractivity contribution in [1.29, 1.82) is 0 Å². The molecule has 0 spiro atoms. The van der Waals surface area contributed by atoms with Gasteiger partial charge in [-0.15, -0.1) is 0 Å². The summed E-state index contributed by atoms with van der Waals surface area (Å²) >= 11 is 0. The molecule has 0 amide bonds. The van der Waals surface area contributed by atoms with Crippen molar-refractivity contribution in [3.8, 4) is 0 Å². The molecule has 4 fully saturated rings. The van der Waals surface area contributed by atoms with Gasteiger partial charge in [-0.25, -0.2) is 0 Å². The van der Waals surface area contributed by atoms with Crippen molar-refractivity contribution in [2.24, 2.45) is 52.3 Å². The van der Waals surface area contributed by atoms with Gasteiger partial charge in [-0.05, 0) is 110 Å². The summed E-state index contributed by atoms with van der Waals surface area (Å²) in [6, 6.07) is 0. The van der Waals surface area contributed by atoms with E-state index in [4.69, 9.17) is 5.11 Å². The molecule has 4 aliphatic carbocycles. The molecule has 33 heavy (non-hydrogen) atoms. The Labute approximate surface area is 207 Å². The van der Waals surface area contributed by atoms with E-state index in [0.717, 1.165) is 47.8 Å². The van der Waals surface area contributed by atoms with Gasteiger partial charge in [-0.1, -0.05) is 85.5 Å². The summed E-state index contributed by atoms with van der Waals surface area (Å²) in [7, 11) is 0. The maximum atomic E-state index is 8.94. The van der Waals surface area contributed by atoms with Crippen LogP contribution in [0, 0.1) is 52.3 Å². The highest BCUT2D eigenvalue weighted by molar-refractivity contribution is 5.09. The Hall–Kier alpha value is -0.0400. The highest BCUT2D eigenvalue weighted by atomic mass is 16.2. The van der Waals surface area contributed by atoms with Crippen molar-refractivity contribution in [2.75, 3.05) is 6.61 Å². The summed E-state index contributed by atoms with van der Waals surface area (Å²) in [6.07, 6.45) is 26.1. The zero-order valence-electron chi connectivity index (χ0n) is 22.9. The lowest BCUT2D eigenvalue weighted by molar-refractivity contribution is -0.114. The van der Waals surface area contributed by atoms with Gasteiger partial charge in [0, 0.05) is 6.61 Å². The van der Waals surface area contributed by atoms with Gasteiger partial charge in [-0.2, -0.15) is 0 Å². The van der Waals surface area contributed by atoms with E-state index in [1.807, 2.05) is 0 Å². The van der Waals surface area contributed by atoms with E-state index in [1.54, 1.807) is 44.9 Å². The van der Waals surface area contributed by atoms with Crippen LogP contribution in [0.4, 0.5) is 0 Å². The number of unbranched alkanes of at least 4 members (excludes halogenated alkanes) is 3. The number of hydrogen-bond donors (Lipinski definition) is 1. The fourth-order valence-electron chi connectivity index (χ4n) is 10.4. The maximum Gasteiger partial charge on any atom is 0.0431 e. The molecule has 0 heterocycles. The average molecular weight is 459 g/mol. The van der Waals surface area contributed by atoms with Crippen LogP contribution < -0.4 is 0 Å². The molecule has 0 aliphatic heterocycles. The quantitative estimate of drug-likeness (QED) is 0.306. The van der Waals surface area contributed by atoms with E-state index in [2.05, 4.69) is 27.7 Å². The molecular weight excluding hydrogens is 400 g/mol. The summed E-state index contributed by atoms with van der Waals surface area (Å²) in [5.74, 6) is 7.03. The summed E-state index contributed by atoms with van der Waals surface area (Å²) in [4.78, 5) is 0. The van der Waals surface area contributed by atoms with E-state index >= 15 is 0 Å². The fourth-order valence-corrected chi connectivity index (χ4v) is 10.4. The van der Waals surface area contributed by atoms with Gasteiger partial charge < -0.3 is 5.11 Å². The van der Waals surface area contributed by atoms with Crippen LogP contribution in [0.3, 0.4) is 0 Å². The minimum atomic E-state index is 0.371. The van der Waals surface area contributed by atoms with Crippen LogP contribution >= 0.6 is 0 Å². The number of rotatable bonds is 11. The summed E-state index contributed by atoms with van der Waals surface area (Å²) in [6.45, 7) is 11.0. The molecule has 4 saturated carbocycles. The lowest BCUT2D eigenvalue weighted by Crippen LogP contribution is -2.53. The lowest BCUT2D eigenvalue weighted by Gasteiger charge is -2.61. The summed E-state index contributed by atoms with van der Waals surface area (Å²) < 4.78 is 0. The molecule has 0 aromatic carbocycles. The van der Waals surface area contributed by atoms with E-state index in [9.17, 15) is 0 Å². The molecular formula is C32H58O. The minimum absolute atomic E-state index is 0.371. The van der Waals surface area contributed by atoms with Gasteiger partial charge in [0.2, 0.25) is 0 Å². The second-order valence-electron chi connectivity index (χ2n) is 14.1. The van der Waals surface area contributed by atoms with Crippen molar-refractivity contribution in [1.82, 2.24) is 0 Å². The molecule has 9 atom stereocenters. The highest BCUT2D eigenvalue weighted by Crippen LogP contribution is 2.68. The number of aliphatic hydroxyl groups excluding tert-OH is 1. The molecule has 0 bridgehead atoms. The van der Waals surface area contributed by atoms with Crippen molar-refractivity contribution >= 4 is 0 Å². The van der Waals surface area contributed by atoms with Gasteiger partial charge >= 0.3 is 0 Å². The van der Waals surface area contributed by atoms with Crippen molar-refractivity contribution in [3.63, 3.8) is 0 Å². The normalized spacial score (nSPS) is 42.3. The zero-order valence-corrected chi connectivity index (χ0v) is 22.9. The molecule has 1 N–H and O–H groups in total. The third-order valence-corrected chi connectivity index (χ3v) is 12.3. The van der Waals surface area contributed by atoms with Crippen LogP contribution in [0.5, 0.6) is 0 Å². The van der Waals surface area contributed by atoms with Gasteiger partial charge in [-0.3, -0.25) is 0 Å². The first-order valence-electron chi connectivity index (χ1n) is 15.5. The first-order valence-corrected chi connectivity index (χ1v) is 15.5. The molecule has 1 heteroatoms. The SMILES string of the molecule is CC(CCCCCCO)CCC[C@@H](C)[C@H]1CC[C@H]2[C@@H]3CCC4CCCC[C@]4(C)[C@H]3CC[C@]12C. The number of hydrogen-bond acceptors (Lipinski definition) is 1. The molecule has 0 aromatic heterocycles. The second kappa shape index (κ2) is 11.3. The van der Waals surface area contributed by atoms with Gasteiger partial charge in [0.1, 0.15) is 0 Å². The predicted molar refractivity (Wildman–Crippen MR) is 142 cm³/mol. The average Bonchev–Trinajstić information content (AvgIpc) is 3.16. The van der Waals surface area contributed by atoms with Crippen molar-refractivity contribution < 1.29 is 5.11 Å². The van der Waals surface area contributed by atoms with Crippen LogP contribution in [0.2, 0.25) is 0 Å². The van der Waals surface area contributed by atoms with Gasteiger partial charge in [0.05, 0.1) is 0 Å². The number of fused-ring (bicyclic) bond motifs is 5. The maximum absolute atomic E-state index is 8.94. The van der Waals surface area contributed by atoms with Crippen LogP contribution in [0.25, 0.3) is 0 Å². The Bertz CT molecular complexity index is 599. The van der Waals surface area contributed by atoms with Gasteiger partial charge in [0.25, 0.3) is 0 Å². The second-order valence-corrected chi connectivity index (χ2v) is 14.1. The molecule has 1 nitrogen and oxygen atoms in total. The Balaban J connectivity index is 1.26. The minimum Gasteiger partial charge on any atom is -0.396 e. The Kier molecular flexibility index (Phi) is 8.95. The van der Waals surface area contributed by atoms with Crippen molar-refractivity contribution in [2.45, 2.75) is 143 Å². The van der Waals surface area contributed by atoms with E-state index in [-0.39, 0.29) is 0 Å². The first kappa shape index (κ1) is 26.0. The van der Waals surface area contributed by atoms with E-state index in [1.165, 1.54) is 64.2 Å². The molecule has 2 unspecified atom stereocenters. The predicted octanol–water partition coefficient (Wildman–Crippen LogP) is 9.42. The van der Waals surface area contributed by atoms with Crippen molar-refractivity contribution in [3.05, 3.63) is 0 Å². The molecule has 4 rings (SSSR count). The Morgan fingerprint density at radius 2 is 1.45 bits per heavy atom. The van der Waals surface area contributed by atoms with E-state index in [0.29, 0.717) is 17.4 Å². The van der Waals surface area contributed by atoms with Crippen LogP contribution in [0.15, 0.2) is 0 Å². The third-order valence-electron chi connectivity index (χ3n) is 12.3. The monoisotopic (exact) mass is 458 g/mol. The van der Waals surface area contributed by atoms with Crippen LogP contribution in [-0.2, 0) is 0 Å². The van der Waals surface area contributed by atoms with Crippen LogP contribution in [0.1, 0.15) is 143 Å². The number of aliphatic hydroxyl groups is 1. The van der Waals surface area contributed by atoms with Gasteiger partial charge in [0.15, 0.2) is 0 Å². The smallest absolute Gasteiger partial charge is 0.0431 e. The topological polar surface area (TPSA) is 20.2 Å². The lowest BCUT2D eigenvalue weighted by atomic mass is 9.44. The van der Waals surface area contributed by atoms with E-state index < -0.39 is 0 Å². The third kappa shape index (κ3) is 5.39. The molecule has 0 radical (unpaired) electrons. The molecule has 192 valence electrons. The van der Waals surface area contributed by atoms with Crippen LogP contribution in [-0.4, -0.2) is 11.7 Å². The summed E-state index contributed by atoms with van der Waals surface area (Å²) in [5, 5.41) is 8.94. The first-order chi connectivity index (χ1) is 15.9.